The van der Waals surface area contributed by atoms with Crippen LogP contribution in [0.5, 0.6) is 0 Å². The number of hydrogen-bond donors (Lipinski definition) is 0. The Kier molecular flexibility index (Phi) is 3.57. The monoisotopic (exact) mass is 180 g/mol. The standard InChI is InChI=1S/C8H17ClS/c1-6-7(2,3)8(4,5)10-9/h6H2,1-5H3. The van der Waals surface area contributed by atoms with Crippen LogP contribution in [0.1, 0.15) is 41.0 Å². The molecule has 0 aliphatic heterocycles. The van der Waals surface area contributed by atoms with E-state index in [1.165, 1.54) is 17.4 Å². The van der Waals surface area contributed by atoms with Gasteiger partial charge in [0.1, 0.15) is 0 Å². The van der Waals surface area contributed by atoms with Gasteiger partial charge in [0.05, 0.1) is 0 Å². The lowest BCUT2D eigenvalue weighted by Crippen LogP contribution is -2.34. The Labute approximate surface area is 73.2 Å². The predicted molar refractivity (Wildman–Crippen MR) is 51.6 cm³/mol. The van der Waals surface area contributed by atoms with Crippen LogP contribution in [0, 0.1) is 5.41 Å². The Morgan fingerprint density at radius 3 is 1.70 bits per heavy atom. The van der Waals surface area contributed by atoms with E-state index in [4.69, 9.17) is 10.7 Å². The van der Waals surface area contributed by atoms with Crippen molar-refractivity contribution >= 4 is 21.7 Å². The molecule has 0 saturated heterocycles. The molecule has 0 saturated carbocycles. The minimum Gasteiger partial charge on any atom is -0.0648 e. The van der Waals surface area contributed by atoms with Crippen LogP contribution in [0.25, 0.3) is 0 Å². The van der Waals surface area contributed by atoms with E-state index in [0.717, 1.165) is 0 Å². The molecule has 0 aromatic rings. The van der Waals surface area contributed by atoms with Crippen LogP contribution < -0.4 is 0 Å². The molecular formula is C8H17ClS. The van der Waals surface area contributed by atoms with E-state index in [0.29, 0.717) is 5.41 Å². The van der Waals surface area contributed by atoms with Gasteiger partial charge < -0.3 is 0 Å². The Balaban J connectivity index is 4.28. The lowest BCUT2D eigenvalue weighted by Gasteiger charge is -2.38. The molecule has 0 heterocycles. The average molecular weight is 181 g/mol. The van der Waals surface area contributed by atoms with Gasteiger partial charge in [0.2, 0.25) is 0 Å². The van der Waals surface area contributed by atoms with E-state index in [-0.39, 0.29) is 4.75 Å². The first-order chi connectivity index (χ1) is 4.37. The number of rotatable bonds is 3. The highest BCUT2D eigenvalue weighted by atomic mass is 35.7. The van der Waals surface area contributed by atoms with Gasteiger partial charge in [-0.3, -0.25) is 0 Å². The van der Waals surface area contributed by atoms with E-state index >= 15 is 0 Å². The van der Waals surface area contributed by atoms with Crippen molar-refractivity contribution in [2.45, 2.75) is 45.8 Å². The van der Waals surface area contributed by atoms with E-state index in [9.17, 15) is 0 Å². The smallest absolute Gasteiger partial charge is 0.0306 e. The largest absolute Gasteiger partial charge is 0.0648 e. The third-order valence-electron chi connectivity index (χ3n) is 2.71. The van der Waals surface area contributed by atoms with Crippen LogP contribution in [0.4, 0.5) is 0 Å². The van der Waals surface area contributed by atoms with Crippen molar-refractivity contribution < 1.29 is 0 Å². The molecule has 0 aliphatic carbocycles. The van der Waals surface area contributed by atoms with Crippen molar-refractivity contribution in [1.82, 2.24) is 0 Å². The maximum Gasteiger partial charge on any atom is 0.0306 e. The second-order valence-corrected chi connectivity index (χ2v) is 5.46. The molecule has 0 amide bonds. The fourth-order valence-electron chi connectivity index (χ4n) is 0.530. The van der Waals surface area contributed by atoms with Crippen molar-refractivity contribution in [3.8, 4) is 0 Å². The first kappa shape index (κ1) is 10.6. The quantitative estimate of drug-likeness (QED) is 0.631. The fraction of sp³-hybridized carbons (Fsp3) is 1.00. The Morgan fingerprint density at radius 1 is 1.20 bits per heavy atom. The summed E-state index contributed by atoms with van der Waals surface area (Å²) in [5.41, 5.74) is 0.319. The minimum atomic E-state index is 0.170. The van der Waals surface area contributed by atoms with Gasteiger partial charge in [-0.15, -0.1) is 0 Å². The molecule has 0 N–H and O–H groups in total. The SMILES string of the molecule is CCC(C)(C)C(C)(C)SCl. The summed E-state index contributed by atoms with van der Waals surface area (Å²) >= 11 is 0. The highest BCUT2D eigenvalue weighted by Gasteiger charge is 2.35. The van der Waals surface area contributed by atoms with E-state index in [1.54, 1.807) is 0 Å². The molecule has 0 spiro atoms. The molecule has 2 heteroatoms. The molecule has 0 atom stereocenters. The summed E-state index contributed by atoms with van der Waals surface area (Å²) in [5.74, 6) is 0. The van der Waals surface area contributed by atoms with Gasteiger partial charge in [-0.25, -0.2) is 0 Å². The number of hydrogen-bond acceptors (Lipinski definition) is 1. The van der Waals surface area contributed by atoms with Gasteiger partial charge in [0.25, 0.3) is 0 Å². The van der Waals surface area contributed by atoms with Crippen LogP contribution >= 0.6 is 21.7 Å². The highest BCUT2D eigenvalue weighted by molar-refractivity contribution is 8.22. The zero-order chi connectivity index (χ0) is 8.41. The maximum atomic E-state index is 5.77. The van der Waals surface area contributed by atoms with Gasteiger partial charge in [-0.1, -0.05) is 20.8 Å². The van der Waals surface area contributed by atoms with Gasteiger partial charge in [0.15, 0.2) is 0 Å². The second-order valence-electron chi connectivity index (χ2n) is 3.82. The van der Waals surface area contributed by atoms with Gasteiger partial charge in [0, 0.05) is 4.75 Å². The van der Waals surface area contributed by atoms with Crippen molar-refractivity contribution in [2.75, 3.05) is 0 Å². The average Bonchev–Trinajstić information content (AvgIpc) is 1.88. The molecule has 0 nitrogen and oxygen atoms in total. The molecule has 0 fully saturated rings. The maximum absolute atomic E-state index is 5.77. The summed E-state index contributed by atoms with van der Waals surface area (Å²) in [7, 11) is 7.20. The van der Waals surface area contributed by atoms with Crippen molar-refractivity contribution in [2.24, 2.45) is 5.41 Å². The fourth-order valence-corrected chi connectivity index (χ4v) is 1.51. The van der Waals surface area contributed by atoms with Gasteiger partial charge in [-0.05, 0) is 47.3 Å². The molecule has 0 radical (unpaired) electrons. The van der Waals surface area contributed by atoms with Gasteiger partial charge in [-0.2, -0.15) is 0 Å². The Bertz CT molecular complexity index is 93.8. The van der Waals surface area contributed by atoms with Crippen LogP contribution in [-0.4, -0.2) is 4.75 Å². The third-order valence-corrected chi connectivity index (χ3v) is 4.80. The third kappa shape index (κ3) is 2.06. The highest BCUT2D eigenvalue weighted by Crippen LogP contribution is 2.45. The molecule has 0 rings (SSSR count). The zero-order valence-corrected chi connectivity index (χ0v) is 9.07. The normalized spacial score (nSPS) is 13.8. The lowest BCUT2D eigenvalue weighted by atomic mass is 9.78. The first-order valence-corrected chi connectivity index (χ1v) is 5.31. The summed E-state index contributed by atoms with van der Waals surface area (Å²) in [6.07, 6.45) is 1.17. The Morgan fingerprint density at radius 2 is 1.60 bits per heavy atom. The van der Waals surface area contributed by atoms with Crippen LogP contribution in [0.3, 0.4) is 0 Å². The Hall–Kier alpha value is 0.640. The predicted octanol–water partition coefficient (Wildman–Crippen LogP) is 4.09. The molecule has 62 valence electrons. The van der Waals surface area contributed by atoms with Crippen LogP contribution in [0.2, 0.25) is 0 Å². The number of halogens is 1. The van der Waals surface area contributed by atoms with Crippen molar-refractivity contribution in [1.29, 1.82) is 0 Å². The molecule has 0 aromatic heterocycles. The summed E-state index contributed by atoms with van der Waals surface area (Å²) in [6, 6.07) is 0. The molecule has 0 bridgehead atoms. The summed E-state index contributed by atoms with van der Waals surface area (Å²) in [4.78, 5) is 0. The zero-order valence-electron chi connectivity index (χ0n) is 7.49. The molecule has 0 aliphatic rings. The summed E-state index contributed by atoms with van der Waals surface area (Å²) in [6.45, 7) is 11.1. The first-order valence-electron chi connectivity index (χ1n) is 3.67. The van der Waals surface area contributed by atoms with E-state index in [2.05, 4.69) is 34.6 Å². The summed E-state index contributed by atoms with van der Waals surface area (Å²) in [5, 5.41) is 0. The van der Waals surface area contributed by atoms with E-state index < -0.39 is 0 Å². The van der Waals surface area contributed by atoms with Crippen LogP contribution in [-0.2, 0) is 0 Å². The van der Waals surface area contributed by atoms with E-state index in [1.807, 2.05) is 0 Å². The summed E-state index contributed by atoms with van der Waals surface area (Å²) < 4.78 is 0.170. The molecule has 0 aromatic carbocycles. The van der Waals surface area contributed by atoms with Crippen molar-refractivity contribution in [3.05, 3.63) is 0 Å². The molecule has 10 heavy (non-hydrogen) atoms. The van der Waals surface area contributed by atoms with Gasteiger partial charge >= 0.3 is 0 Å². The topological polar surface area (TPSA) is 0 Å². The molecular weight excluding hydrogens is 164 g/mol. The minimum absolute atomic E-state index is 0.170. The second kappa shape index (κ2) is 3.36. The van der Waals surface area contributed by atoms with Crippen LogP contribution in [0.15, 0.2) is 0 Å². The lowest BCUT2D eigenvalue weighted by molar-refractivity contribution is 0.274. The molecule has 0 unspecified atom stereocenters. The van der Waals surface area contributed by atoms with Crippen molar-refractivity contribution in [3.63, 3.8) is 0 Å².